The van der Waals surface area contributed by atoms with E-state index in [9.17, 15) is 8.42 Å². The third kappa shape index (κ3) is 2.65. The van der Waals surface area contributed by atoms with Crippen molar-refractivity contribution in [2.24, 2.45) is 0 Å². The van der Waals surface area contributed by atoms with E-state index in [0.717, 1.165) is 16.3 Å². The zero-order valence-corrected chi connectivity index (χ0v) is 13.1. The maximum Gasteiger partial charge on any atom is 0.241 e. The lowest BCUT2D eigenvalue weighted by Crippen LogP contribution is -2.36. The zero-order chi connectivity index (χ0) is 15.7. The van der Waals surface area contributed by atoms with Crippen LogP contribution in [0.1, 0.15) is 12.0 Å². The number of benzene rings is 2. The molecule has 1 fully saturated rings. The number of hydrogen-bond donors (Lipinski definition) is 1. The van der Waals surface area contributed by atoms with Crippen LogP contribution in [0.15, 0.2) is 41.3 Å². The zero-order valence-electron chi connectivity index (χ0n) is 12.3. The van der Waals surface area contributed by atoms with Gasteiger partial charge in [-0.05, 0) is 30.4 Å². The number of nitriles is 1. The van der Waals surface area contributed by atoms with Crippen LogP contribution in [0.3, 0.4) is 0 Å². The number of nitrogens with zero attached hydrogens (tertiary/aromatic N) is 2. The quantitative estimate of drug-likeness (QED) is 0.879. The molecule has 22 heavy (non-hydrogen) atoms. The summed E-state index contributed by atoms with van der Waals surface area (Å²) in [5, 5.41) is 10.5. The van der Waals surface area contributed by atoms with Gasteiger partial charge in [-0.15, -0.1) is 0 Å². The molecule has 1 atom stereocenters. The van der Waals surface area contributed by atoms with E-state index in [-0.39, 0.29) is 6.04 Å². The predicted octanol–water partition coefficient (Wildman–Crippen LogP) is 1.98. The average molecular weight is 315 g/mol. The standard InChI is InChI=1S/C16H17N3O2S/c1-12-4-2-6-15-14(12)5-3-7-16(15)22(20,21)18-13-8-9-19(10-13)11-17/h2-7,13,18H,8-10H2,1H3/t13-/m1/s1. The van der Waals surface area contributed by atoms with Gasteiger partial charge < -0.3 is 4.90 Å². The Labute approximate surface area is 130 Å². The van der Waals surface area contributed by atoms with Crippen LogP contribution in [0, 0.1) is 18.4 Å². The van der Waals surface area contributed by atoms with Crippen molar-refractivity contribution in [1.82, 2.24) is 9.62 Å². The van der Waals surface area contributed by atoms with Gasteiger partial charge in [-0.1, -0.05) is 30.3 Å². The first-order valence-corrected chi connectivity index (χ1v) is 8.65. The van der Waals surface area contributed by atoms with Crippen LogP contribution >= 0.6 is 0 Å². The number of likely N-dealkylation sites (tertiary alicyclic amines) is 1. The molecule has 0 radical (unpaired) electrons. The molecule has 1 heterocycles. The summed E-state index contributed by atoms with van der Waals surface area (Å²) in [5.41, 5.74) is 1.05. The van der Waals surface area contributed by atoms with E-state index < -0.39 is 10.0 Å². The van der Waals surface area contributed by atoms with Crippen LogP contribution in [0.4, 0.5) is 0 Å². The second-order valence-electron chi connectivity index (χ2n) is 5.58. The Kier molecular flexibility index (Phi) is 3.77. The predicted molar refractivity (Wildman–Crippen MR) is 84.6 cm³/mol. The van der Waals surface area contributed by atoms with Crippen molar-refractivity contribution < 1.29 is 8.42 Å². The molecule has 2 aromatic carbocycles. The molecule has 6 heteroatoms. The summed E-state index contributed by atoms with van der Waals surface area (Å²) in [7, 11) is -3.60. The largest absolute Gasteiger partial charge is 0.309 e. The number of fused-ring (bicyclic) bond motifs is 1. The van der Waals surface area contributed by atoms with Crippen molar-refractivity contribution in [3.8, 4) is 6.19 Å². The molecule has 1 aliphatic heterocycles. The molecule has 114 valence electrons. The molecule has 0 amide bonds. The van der Waals surface area contributed by atoms with Crippen molar-refractivity contribution in [1.29, 1.82) is 5.26 Å². The molecule has 5 nitrogen and oxygen atoms in total. The minimum atomic E-state index is -3.60. The molecular formula is C16H17N3O2S. The Balaban J connectivity index is 1.97. The number of aryl methyl sites for hydroxylation is 1. The van der Waals surface area contributed by atoms with Crippen LogP contribution in [-0.4, -0.2) is 32.4 Å². The van der Waals surface area contributed by atoms with Crippen molar-refractivity contribution >= 4 is 20.8 Å². The van der Waals surface area contributed by atoms with E-state index in [1.54, 1.807) is 17.0 Å². The average Bonchev–Trinajstić information content (AvgIpc) is 2.94. The molecule has 1 N–H and O–H groups in total. The fraction of sp³-hybridized carbons (Fsp3) is 0.312. The van der Waals surface area contributed by atoms with E-state index in [2.05, 4.69) is 10.9 Å². The molecule has 0 bridgehead atoms. The minimum Gasteiger partial charge on any atom is -0.309 e. The lowest BCUT2D eigenvalue weighted by molar-refractivity contribution is 0.470. The topological polar surface area (TPSA) is 73.2 Å². The summed E-state index contributed by atoms with van der Waals surface area (Å²) in [6, 6.07) is 10.8. The van der Waals surface area contributed by atoms with Gasteiger partial charge in [-0.25, -0.2) is 13.1 Å². The first kappa shape index (κ1) is 14.8. The fourth-order valence-electron chi connectivity index (χ4n) is 2.90. The van der Waals surface area contributed by atoms with Crippen LogP contribution in [-0.2, 0) is 10.0 Å². The van der Waals surface area contributed by atoms with E-state index >= 15 is 0 Å². The van der Waals surface area contributed by atoms with E-state index in [4.69, 9.17) is 5.26 Å². The Bertz CT molecular complexity index is 855. The van der Waals surface area contributed by atoms with Crippen LogP contribution < -0.4 is 4.72 Å². The summed E-state index contributed by atoms with van der Waals surface area (Å²) in [6.45, 7) is 2.99. The maximum atomic E-state index is 12.7. The SMILES string of the molecule is Cc1cccc2c(S(=O)(=O)N[C@@H]3CCN(C#N)C3)cccc12. The van der Waals surface area contributed by atoms with Crippen molar-refractivity contribution in [3.63, 3.8) is 0 Å². The maximum absolute atomic E-state index is 12.7. The Hall–Kier alpha value is -2.10. The highest BCUT2D eigenvalue weighted by molar-refractivity contribution is 7.89. The number of nitrogens with one attached hydrogen (secondary N) is 1. The monoisotopic (exact) mass is 315 g/mol. The first-order chi connectivity index (χ1) is 10.5. The third-order valence-corrected chi connectivity index (χ3v) is 5.62. The fourth-order valence-corrected chi connectivity index (χ4v) is 4.39. The Morgan fingerprint density at radius 3 is 2.68 bits per heavy atom. The summed E-state index contributed by atoms with van der Waals surface area (Å²) >= 11 is 0. The van der Waals surface area contributed by atoms with Crippen molar-refractivity contribution in [3.05, 3.63) is 42.0 Å². The molecule has 0 saturated carbocycles. The third-order valence-electron chi connectivity index (χ3n) is 4.04. The molecular weight excluding hydrogens is 298 g/mol. The van der Waals surface area contributed by atoms with Crippen LogP contribution in [0.5, 0.6) is 0 Å². The number of sulfonamides is 1. The molecule has 1 aliphatic rings. The highest BCUT2D eigenvalue weighted by Crippen LogP contribution is 2.26. The van der Waals surface area contributed by atoms with Gasteiger partial charge in [0.25, 0.3) is 0 Å². The van der Waals surface area contributed by atoms with Gasteiger partial charge in [0.05, 0.1) is 4.90 Å². The highest BCUT2D eigenvalue weighted by Gasteiger charge is 2.27. The highest BCUT2D eigenvalue weighted by atomic mass is 32.2. The summed E-state index contributed by atoms with van der Waals surface area (Å²) in [5.74, 6) is 0. The first-order valence-electron chi connectivity index (χ1n) is 7.16. The summed E-state index contributed by atoms with van der Waals surface area (Å²) in [4.78, 5) is 1.87. The summed E-state index contributed by atoms with van der Waals surface area (Å²) < 4.78 is 28.1. The van der Waals surface area contributed by atoms with Crippen molar-refractivity contribution in [2.75, 3.05) is 13.1 Å². The molecule has 3 rings (SSSR count). The van der Waals surface area contributed by atoms with Gasteiger partial charge >= 0.3 is 0 Å². The number of hydrogen-bond acceptors (Lipinski definition) is 4. The van der Waals surface area contributed by atoms with Gasteiger partial charge in [-0.3, -0.25) is 0 Å². The molecule has 0 aromatic heterocycles. The second kappa shape index (κ2) is 5.59. The van der Waals surface area contributed by atoms with Crippen LogP contribution in [0.2, 0.25) is 0 Å². The van der Waals surface area contributed by atoms with Crippen LogP contribution in [0.25, 0.3) is 10.8 Å². The van der Waals surface area contributed by atoms with E-state index in [0.29, 0.717) is 24.4 Å². The molecule has 2 aromatic rings. The normalized spacial score (nSPS) is 18.5. The molecule has 0 spiro atoms. The molecule has 1 saturated heterocycles. The smallest absolute Gasteiger partial charge is 0.241 e. The lowest BCUT2D eigenvalue weighted by atomic mass is 10.1. The van der Waals surface area contributed by atoms with Crippen molar-refractivity contribution in [2.45, 2.75) is 24.3 Å². The van der Waals surface area contributed by atoms with Gasteiger partial charge in [0.15, 0.2) is 6.19 Å². The van der Waals surface area contributed by atoms with Gasteiger partial charge in [0.1, 0.15) is 0 Å². The molecule has 0 unspecified atom stereocenters. The van der Waals surface area contributed by atoms with Gasteiger partial charge in [0.2, 0.25) is 10.0 Å². The Morgan fingerprint density at radius 1 is 1.23 bits per heavy atom. The van der Waals surface area contributed by atoms with E-state index in [1.807, 2.05) is 31.2 Å². The van der Waals surface area contributed by atoms with Gasteiger partial charge in [0, 0.05) is 24.5 Å². The number of rotatable bonds is 3. The Morgan fingerprint density at radius 2 is 1.95 bits per heavy atom. The molecule has 0 aliphatic carbocycles. The minimum absolute atomic E-state index is 0.218. The van der Waals surface area contributed by atoms with Gasteiger partial charge in [-0.2, -0.15) is 5.26 Å². The lowest BCUT2D eigenvalue weighted by Gasteiger charge is -2.14. The summed E-state index contributed by atoms with van der Waals surface area (Å²) in [6.07, 6.45) is 2.70. The second-order valence-corrected chi connectivity index (χ2v) is 7.26. The van der Waals surface area contributed by atoms with E-state index in [1.165, 1.54) is 0 Å².